The van der Waals surface area contributed by atoms with E-state index >= 15 is 0 Å². The summed E-state index contributed by atoms with van der Waals surface area (Å²) >= 11 is 0. The number of aliphatic hydroxyl groups excluding tert-OH is 1. The summed E-state index contributed by atoms with van der Waals surface area (Å²) in [6.45, 7) is 6.00. The van der Waals surface area contributed by atoms with E-state index in [4.69, 9.17) is 0 Å². The molecule has 1 amide bonds. The van der Waals surface area contributed by atoms with Crippen molar-refractivity contribution in [1.29, 1.82) is 5.26 Å². The lowest BCUT2D eigenvalue weighted by molar-refractivity contribution is -0.123. The quantitative estimate of drug-likeness (QED) is 0.755. The zero-order valence-corrected chi connectivity index (χ0v) is 16.9. The van der Waals surface area contributed by atoms with Gasteiger partial charge < -0.3 is 10.4 Å². The maximum atomic E-state index is 12.7. The smallest absolute Gasteiger partial charge is 0.248 e. The van der Waals surface area contributed by atoms with Gasteiger partial charge in [-0.3, -0.25) is 14.4 Å². The molecule has 0 unspecified atom stereocenters. The SMILES string of the molecule is CC[C@]1(C#N)CCN(c2ccnc(Nc3cnn(C(C)(C)CO)c3)n2)C1=O.Cl. The van der Waals surface area contributed by atoms with Crippen molar-refractivity contribution in [3.05, 3.63) is 24.7 Å². The molecule has 1 saturated heterocycles. The number of anilines is 3. The molecule has 28 heavy (non-hydrogen) atoms. The molecule has 0 radical (unpaired) electrons. The minimum atomic E-state index is -0.963. The predicted octanol–water partition coefficient (Wildman–Crippen LogP) is 2.22. The zero-order chi connectivity index (χ0) is 19.7. The molecule has 9 nitrogen and oxygen atoms in total. The van der Waals surface area contributed by atoms with E-state index in [-0.39, 0.29) is 24.9 Å². The number of amides is 1. The Balaban J connectivity index is 0.00000280. The van der Waals surface area contributed by atoms with E-state index < -0.39 is 11.0 Å². The standard InChI is InChI=1S/C18H23N7O2.ClH/c1-4-18(11-19)6-8-24(15(18)27)14-5-7-20-16(23-14)22-13-9-21-25(10-13)17(2,3)12-26;/h5,7,9-10,26H,4,6,8,12H2,1-3H3,(H,20,22,23);1H/t18-;/m1./s1. The summed E-state index contributed by atoms with van der Waals surface area (Å²) < 4.78 is 1.66. The number of hydrogen-bond acceptors (Lipinski definition) is 7. The molecule has 1 aliphatic heterocycles. The Morgan fingerprint density at radius 2 is 2.21 bits per heavy atom. The molecular weight excluding hydrogens is 382 g/mol. The van der Waals surface area contributed by atoms with Crippen LogP contribution < -0.4 is 10.2 Å². The van der Waals surface area contributed by atoms with E-state index in [0.29, 0.717) is 36.8 Å². The number of rotatable bonds is 6. The molecule has 1 fully saturated rings. The highest BCUT2D eigenvalue weighted by Crippen LogP contribution is 2.36. The van der Waals surface area contributed by atoms with Gasteiger partial charge in [0.2, 0.25) is 11.9 Å². The van der Waals surface area contributed by atoms with E-state index in [0.717, 1.165) is 0 Å². The number of aliphatic hydroxyl groups is 1. The largest absolute Gasteiger partial charge is 0.394 e. The zero-order valence-electron chi connectivity index (χ0n) is 16.1. The molecule has 2 aromatic rings. The summed E-state index contributed by atoms with van der Waals surface area (Å²) in [5.41, 5.74) is -0.817. The number of carbonyl (C=O) groups is 1. The Labute approximate surface area is 169 Å². The first-order valence-electron chi connectivity index (χ1n) is 8.84. The molecule has 1 aliphatic rings. The van der Waals surface area contributed by atoms with Gasteiger partial charge in [-0.25, -0.2) is 4.98 Å². The number of nitriles is 1. The third kappa shape index (κ3) is 3.79. The lowest BCUT2D eigenvalue weighted by Gasteiger charge is -2.22. The number of hydrogen-bond donors (Lipinski definition) is 2. The van der Waals surface area contributed by atoms with Crippen LogP contribution in [-0.2, 0) is 10.3 Å². The molecule has 0 aliphatic carbocycles. The monoisotopic (exact) mass is 405 g/mol. The maximum Gasteiger partial charge on any atom is 0.248 e. The van der Waals surface area contributed by atoms with Gasteiger partial charge in [-0.1, -0.05) is 6.92 Å². The first-order chi connectivity index (χ1) is 12.8. The molecule has 3 heterocycles. The molecule has 2 N–H and O–H groups in total. The van der Waals surface area contributed by atoms with Crippen LogP contribution in [0.4, 0.5) is 17.5 Å². The molecule has 0 aromatic carbocycles. The lowest BCUT2D eigenvalue weighted by atomic mass is 9.85. The second kappa shape index (κ2) is 8.12. The number of halogens is 1. The number of aromatic nitrogens is 4. The molecule has 3 rings (SSSR count). The van der Waals surface area contributed by atoms with Crippen LogP contribution in [0.3, 0.4) is 0 Å². The molecule has 0 bridgehead atoms. The van der Waals surface area contributed by atoms with Crippen molar-refractivity contribution in [2.24, 2.45) is 5.41 Å². The number of nitrogens with zero attached hydrogens (tertiary/aromatic N) is 6. The Kier molecular flexibility index (Phi) is 6.27. The van der Waals surface area contributed by atoms with Crippen molar-refractivity contribution in [3.63, 3.8) is 0 Å². The van der Waals surface area contributed by atoms with Crippen LogP contribution in [0.1, 0.15) is 33.6 Å². The Morgan fingerprint density at radius 1 is 1.46 bits per heavy atom. The van der Waals surface area contributed by atoms with Crippen molar-refractivity contribution < 1.29 is 9.90 Å². The first-order valence-corrected chi connectivity index (χ1v) is 8.84. The van der Waals surface area contributed by atoms with Gasteiger partial charge in [-0.05, 0) is 32.8 Å². The first kappa shape index (κ1) is 21.6. The van der Waals surface area contributed by atoms with Crippen LogP contribution in [0.15, 0.2) is 24.7 Å². The van der Waals surface area contributed by atoms with Crippen molar-refractivity contribution in [3.8, 4) is 6.07 Å². The molecule has 150 valence electrons. The van der Waals surface area contributed by atoms with Crippen LogP contribution in [0.25, 0.3) is 0 Å². The van der Waals surface area contributed by atoms with Gasteiger partial charge in [0.25, 0.3) is 0 Å². The Morgan fingerprint density at radius 3 is 2.82 bits per heavy atom. The van der Waals surface area contributed by atoms with Crippen LogP contribution in [0, 0.1) is 16.7 Å². The van der Waals surface area contributed by atoms with Crippen LogP contribution in [0.5, 0.6) is 0 Å². The highest BCUT2D eigenvalue weighted by atomic mass is 35.5. The summed E-state index contributed by atoms with van der Waals surface area (Å²) in [5.74, 6) is 0.577. The van der Waals surface area contributed by atoms with Gasteiger partial charge in [0.1, 0.15) is 11.2 Å². The number of nitrogens with one attached hydrogen (secondary N) is 1. The minimum Gasteiger partial charge on any atom is -0.394 e. The average Bonchev–Trinajstić information content (AvgIpc) is 3.27. The van der Waals surface area contributed by atoms with Gasteiger partial charge in [0.05, 0.1) is 30.1 Å². The summed E-state index contributed by atoms with van der Waals surface area (Å²) in [7, 11) is 0. The minimum absolute atomic E-state index is 0. The van der Waals surface area contributed by atoms with Crippen LogP contribution in [-0.4, -0.2) is 43.9 Å². The normalized spacial score (nSPS) is 19.2. The van der Waals surface area contributed by atoms with E-state index in [2.05, 4.69) is 26.5 Å². The summed E-state index contributed by atoms with van der Waals surface area (Å²) in [5, 5.41) is 26.2. The highest BCUT2D eigenvalue weighted by Gasteiger charge is 2.46. The number of carbonyl (C=O) groups excluding carboxylic acids is 1. The summed E-state index contributed by atoms with van der Waals surface area (Å²) in [6.07, 6.45) is 5.92. The molecule has 0 spiro atoms. The summed E-state index contributed by atoms with van der Waals surface area (Å²) in [6, 6.07) is 3.83. The molecular formula is C18H24ClN7O2. The second-order valence-electron chi connectivity index (χ2n) is 7.26. The predicted molar refractivity (Wildman–Crippen MR) is 107 cm³/mol. The van der Waals surface area contributed by atoms with Gasteiger partial charge >= 0.3 is 0 Å². The Bertz CT molecular complexity index is 892. The van der Waals surface area contributed by atoms with Gasteiger partial charge in [0.15, 0.2) is 0 Å². The fourth-order valence-electron chi connectivity index (χ4n) is 2.98. The highest BCUT2D eigenvalue weighted by molar-refractivity contribution is 6.01. The Hall–Kier alpha value is -2.70. The van der Waals surface area contributed by atoms with E-state index in [1.807, 2.05) is 20.8 Å². The summed E-state index contributed by atoms with van der Waals surface area (Å²) in [4.78, 5) is 22.8. The van der Waals surface area contributed by atoms with Crippen molar-refractivity contribution in [2.75, 3.05) is 23.4 Å². The molecule has 0 saturated carbocycles. The van der Waals surface area contributed by atoms with Gasteiger partial charge in [-0.15, -0.1) is 12.4 Å². The lowest BCUT2D eigenvalue weighted by Crippen LogP contribution is -2.33. The maximum absolute atomic E-state index is 12.7. The average molecular weight is 406 g/mol. The molecule has 2 aromatic heterocycles. The van der Waals surface area contributed by atoms with E-state index in [1.54, 1.807) is 29.3 Å². The fourth-order valence-corrected chi connectivity index (χ4v) is 2.98. The van der Waals surface area contributed by atoms with E-state index in [1.165, 1.54) is 4.90 Å². The van der Waals surface area contributed by atoms with Crippen LogP contribution in [0.2, 0.25) is 0 Å². The molecule has 10 heteroatoms. The van der Waals surface area contributed by atoms with Gasteiger partial charge in [0, 0.05) is 18.9 Å². The van der Waals surface area contributed by atoms with Crippen molar-refractivity contribution in [2.45, 2.75) is 39.2 Å². The second-order valence-corrected chi connectivity index (χ2v) is 7.26. The van der Waals surface area contributed by atoms with Crippen LogP contribution >= 0.6 is 12.4 Å². The van der Waals surface area contributed by atoms with Crippen molar-refractivity contribution in [1.82, 2.24) is 19.7 Å². The molecule has 1 atom stereocenters. The fraction of sp³-hybridized carbons (Fsp3) is 0.500. The van der Waals surface area contributed by atoms with Crippen molar-refractivity contribution >= 4 is 35.8 Å². The third-order valence-electron chi connectivity index (χ3n) is 5.00. The third-order valence-corrected chi connectivity index (χ3v) is 5.00. The van der Waals surface area contributed by atoms with Gasteiger partial charge in [-0.2, -0.15) is 15.3 Å². The van der Waals surface area contributed by atoms with E-state index in [9.17, 15) is 15.2 Å². The topological polar surface area (TPSA) is 120 Å².